The largest absolute Gasteiger partial charge is 0.360 e. The summed E-state index contributed by atoms with van der Waals surface area (Å²) in [5.41, 5.74) is 0. The maximum atomic E-state index is 5.61. The molecular weight excluding hydrogens is 176 g/mol. The van der Waals surface area contributed by atoms with Crippen LogP contribution in [0.1, 0.15) is 32.0 Å². The van der Waals surface area contributed by atoms with Crippen LogP contribution in [0.2, 0.25) is 0 Å². The van der Waals surface area contributed by atoms with Gasteiger partial charge >= 0.3 is 0 Å². The van der Waals surface area contributed by atoms with Crippen molar-refractivity contribution >= 4 is 0 Å². The molecule has 0 atom stereocenters. The van der Waals surface area contributed by atoms with Crippen molar-refractivity contribution in [1.29, 1.82) is 0 Å². The van der Waals surface area contributed by atoms with Crippen LogP contribution in [0.25, 0.3) is 0 Å². The van der Waals surface area contributed by atoms with Crippen LogP contribution in [0.4, 0.5) is 0 Å². The van der Waals surface area contributed by atoms with E-state index in [0.29, 0.717) is 6.73 Å². The van der Waals surface area contributed by atoms with E-state index in [4.69, 9.17) is 4.74 Å². The van der Waals surface area contributed by atoms with Gasteiger partial charge in [-0.1, -0.05) is 6.92 Å². The first-order valence-electron chi connectivity index (χ1n) is 5.48. The summed E-state index contributed by atoms with van der Waals surface area (Å²) in [5.74, 6) is 1.98. The molecule has 3 nitrogen and oxygen atoms in total. The molecule has 1 fully saturated rings. The number of aromatic nitrogens is 2. The third-order valence-corrected chi connectivity index (χ3v) is 2.56. The van der Waals surface area contributed by atoms with Crippen LogP contribution in [-0.2, 0) is 17.9 Å². The molecule has 0 amide bonds. The van der Waals surface area contributed by atoms with Crippen LogP contribution in [-0.4, -0.2) is 16.2 Å². The average molecular weight is 194 g/mol. The lowest BCUT2D eigenvalue weighted by molar-refractivity contribution is 0.0671. The first kappa shape index (κ1) is 9.71. The summed E-state index contributed by atoms with van der Waals surface area (Å²) in [6.45, 7) is 3.76. The number of ether oxygens (including phenoxy) is 1. The summed E-state index contributed by atoms with van der Waals surface area (Å²) in [6, 6.07) is 0. The molecule has 0 saturated heterocycles. The van der Waals surface area contributed by atoms with Crippen LogP contribution in [0.3, 0.4) is 0 Å². The van der Waals surface area contributed by atoms with Crippen molar-refractivity contribution in [2.24, 2.45) is 5.92 Å². The van der Waals surface area contributed by atoms with Gasteiger partial charge < -0.3 is 9.30 Å². The first-order valence-corrected chi connectivity index (χ1v) is 5.48. The maximum absolute atomic E-state index is 5.61. The monoisotopic (exact) mass is 194 g/mol. The molecule has 1 saturated carbocycles. The molecule has 0 N–H and O–H groups in total. The predicted molar refractivity (Wildman–Crippen MR) is 54.9 cm³/mol. The van der Waals surface area contributed by atoms with Crippen molar-refractivity contribution in [3.05, 3.63) is 18.2 Å². The molecule has 1 heterocycles. The zero-order valence-electron chi connectivity index (χ0n) is 8.78. The van der Waals surface area contributed by atoms with Gasteiger partial charge in [-0.25, -0.2) is 4.98 Å². The lowest BCUT2D eigenvalue weighted by Gasteiger charge is -2.07. The summed E-state index contributed by atoms with van der Waals surface area (Å²) in [6.07, 6.45) is 8.74. The zero-order chi connectivity index (χ0) is 9.80. The maximum Gasteiger partial charge on any atom is 0.124 e. The number of hydrogen-bond acceptors (Lipinski definition) is 2. The fraction of sp³-hybridized carbons (Fsp3) is 0.727. The van der Waals surface area contributed by atoms with Gasteiger partial charge in [0.1, 0.15) is 12.6 Å². The quantitative estimate of drug-likeness (QED) is 0.694. The number of nitrogens with zero attached hydrogens (tertiary/aromatic N) is 2. The summed E-state index contributed by atoms with van der Waals surface area (Å²) < 4.78 is 7.71. The van der Waals surface area contributed by atoms with Gasteiger partial charge in [-0.2, -0.15) is 0 Å². The van der Waals surface area contributed by atoms with E-state index in [-0.39, 0.29) is 0 Å². The Kier molecular flexibility index (Phi) is 3.19. The molecule has 0 radical (unpaired) electrons. The average Bonchev–Trinajstić information content (AvgIpc) is 2.89. The van der Waals surface area contributed by atoms with Gasteiger partial charge in [-0.05, 0) is 25.2 Å². The highest BCUT2D eigenvalue weighted by Crippen LogP contribution is 2.28. The summed E-state index contributed by atoms with van der Waals surface area (Å²) in [7, 11) is 0. The van der Waals surface area contributed by atoms with Gasteiger partial charge in [0.25, 0.3) is 0 Å². The van der Waals surface area contributed by atoms with E-state index in [9.17, 15) is 0 Å². The molecule has 1 aromatic heterocycles. The van der Waals surface area contributed by atoms with E-state index < -0.39 is 0 Å². The lowest BCUT2D eigenvalue weighted by Crippen LogP contribution is -2.07. The second-order valence-electron chi connectivity index (χ2n) is 4.01. The Balaban J connectivity index is 1.78. The van der Waals surface area contributed by atoms with Gasteiger partial charge in [0.05, 0.1) is 6.61 Å². The van der Waals surface area contributed by atoms with Crippen molar-refractivity contribution in [3.8, 4) is 0 Å². The highest BCUT2D eigenvalue weighted by molar-refractivity contribution is 4.91. The molecule has 0 unspecified atom stereocenters. The normalized spacial score (nSPS) is 16.1. The summed E-state index contributed by atoms with van der Waals surface area (Å²) in [5, 5.41) is 0. The zero-order valence-corrected chi connectivity index (χ0v) is 8.78. The minimum atomic E-state index is 0.672. The van der Waals surface area contributed by atoms with Crippen LogP contribution < -0.4 is 0 Å². The van der Waals surface area contributed by atoms with Crippen LogP contribution in [0.5, 0.6) is 0 Å². The Morgan fingerprint density at radius 2 is 2.43 bits per heavy atom. The Bertz CT molecular complexity index is 279. The minimum absolute atomic E-state index is 0.672. The van der Waals surface area contributed by atoms with E-state index >= 15 is 0 Å². The fourth-order valence-electron chi connectivity index (χ4n) is 1.51. The van der Waals surface area contributed by atoms with Gasteiger partial charge in [0, 0.05) is 18.8 Å². The van der Waals surface area contributed by atoms with E-state index in [1.807, 2.05) is 12.4 Å². The molecule has 14 heavy (non-hydrogen) atoms. The highest BCUT2D eigenvalue weighted by atomic mass is 16.5. The topological polar surface area (TPSA) is 27.1 Å². The second kappa shape index (κ2) is 4.60. The van der Waals surface area contributed by atoms with Crippen LogP contribution >= 0.6 is 0 Å². The second-order valence-corrected chi connectivity index (χ2v) is 4.01. The Morgan fingerprint density at radius 1 is 1.57 bits per heavy atom. The standard InChI is InChI=1S/C11H18N2O/c1-2-3-11-12-6-7-13(11)9-14-8-10-4-5-10/h6-7,10H,2-5,8-9H2,1H3. The lowest BCUT2D eigenvalue weighted by atomic mass is 10.3. The molecule has 0 spiro atoms. The van der Waals surface area contributed by atoms with Crippen LogP contribution in [0.15, 0.2) is 12.4 Å². The van der Waals surface area contributed by atoms with Crippen LogP contribution in [0, 0.1) is 5.92 Å². The summed E-state index contributed by atoms with van der Waals surface area (Å²) >= 11 is 0. The SMILES string of the molecule is CCCc1nccn1COCC1CC1. The van der Waals surface area contributed by atoms with Crippen molar-refractivity contribution in [2.45, 2.75) is 39.3 Å². The van der Waals surface area contributed by atoms with E-state index in [1.165, 1.54) is 12.8 Å². The Hall–Kier alpha value is -0.830. The highest BCUT2D eigenvalue weighted by Gasteiger charge is 2.21. The molecule has 3 heteroatoms. The van der Waals surface area contributed by atoms with Gasteiger partial charge in [0.2, 0.25) is 0 Å². The third kappa shape index (κ3) is 2.58. The fourth-order valence-corrected chi connectivity index (χ4v) is 1.51. The molecule has 0 bridgehead atoms. The van der Waals surface area contributed by atoms with E-state index in [1.54, 1.807) is 0 Å². The molecule has 0 aliphatic heterocycles. The van der Waals surface area contributed by atoms with Crippen molar-refractivity contribution in [3.63, 3.8) is 0 Å². The summed E-state index contributed by atoms with van der Waals surface area (Å²) in [4.78, 5) is 4.30. The molecule has 1 aliphatic carbocycles. The first-order chi connectivity index (χ1) is 6.90. The molecule has 1 aliphatic rings. The smallest absolute Gasteiger partial charge is 0.124 e. The Morgan fingerprint density at radius 3 is 3.14 bits per heavy atom. The number of hydrogen-bond donors (Lipinski definition) is 0. The minimum Gasteiger partial charge on any atom is -0.360 e. The van der Waals surface area contributed by atoms with Crippen molar-refractivity contribution in [1.82, 2.24) is 9.55 Å². The van der Waals surface area contributed by atoms with Crippen molar-refractivity contribution in [2.75, 3.05) is 6.61 Å². The third-order valence-electron chi connectivity index (χ3n) is 2.56. The predicted octanol–water partition coefficient (Wildman–Crippen LogP) is 2.22. The van der Waals surface area contributed by atoms with Gasteiger partial charge in [-0.15, -0.1) is 0 Å². The van der Waals surface area contributed by atoms with E-state index in [2.05, 4.69) is 16.5 Å². The van der Waals surface area contributed by atoms with E-state index in [0.717, 1.165) is 31.2 Å². The molecule has 78 valence electrons. The van der Waals surface area contributed by atoms with Crippen molar-refractivity contribution < 1.29 is 4.74 Å². The number of aryl methyl sites for hydroxylation is 1. The van der Waals surface area contributed by atoms with Gasteiger partial charge in [-0.3, -0.25) is 0 Å². The Labute approximate surface area is 85.1 Å². The number of imidazole rings is 1. The number of rotatable bonds is 6. The molecular formula is C11H18N2O. The van der Waals surface area contributed by atoms with Gasteiger partial charge in [0.15, 0.2) is 0 Å². The molecule has 1 aromatic rings. The molecule has 0 aromatic carbocycles. The molecule has 2 rings (SSSR count).